The van der Waals surface area contributed by atoms with Crippen molar-refractivity contribution in [3.63, 3.8) is 0 Å². The summed E-state index contributed by atoms with van der Waals surface area (Å²) in [7, 11) is 4.65. The molecule has 0 saturated heterocycles. The minimum atomic E-state index is -0.419. The van der Waals surface area contributed by atoms with Crippen LogP contribution in [0.15, 0.2) is 53.1 Å². The summed E-state index contributed by atoms with van der Waals surface area (Å²) in [4.78, 5) is 23.9. The highest BCUT2D eigenvalue weighted by molar-refractivity contribution is 7.16. The van der Waals surface area contributed by atoms with Gasteiger partial charge in [-0.25, -0.2) is 9.48 Å². The summed E-state index contributed by atoms with van der Waals surface area (Å²) in [6.07, 6.45) is 5.32. The lowest BCUT2D eigenvalue weighted by atomic mass is 9.98. The van der Waals surface area contributed by atoms with Crippen LogP contribution in [0.4, 0.5) is 0 Å². The largest absolute Gasteiger partial charge is 0.464 e. The van der Waals surface area contributed by atoms with Gasteiger partial charge in [-0.1, -0.05) is 24.3 Å². The minimum absolute atomic E-state index is 0.0295. The third kappa shape index (κ3) is 3.87. The third-order valence-corrected chi connectivity index (χ3v) is 6.13. The average molecular weight is 442 g/mol. The highest BCUT2D eigenvalue weighted by Crippen LogP contribution is 2.28. The Morgan fingerprint density at radius 3 is 2.77 bits per heavy atom. The van der Waals surface area contributed by atoms with Gasteiger partial charge in [0.25, 0.3) is 0 Å². The number of carbonyl (C=O) groups is 1. The van der Waals surface area contributed by atoms with Crippen molar-refractivity contribution in [2.45, 2.75) is 19.6 Å². The lowest BCUT2D eigenvalue weighted by molar-refractivity contribution is -0.138. The first-order valence-electron chi connectivity index (χ1n) is 9.61. The van der Waals surface area contributed by atoms with E-state index in [1.54, 1.807) is 40.6 Å². The molecule has 31 heavy (non-hydrogen) atoms. The number of methoxy groups -OCH3 is 2. The molecule has 0 bridgehead atoms. The molecule has 0 fully saturated rings. The van der Waals surface area contributed by atoms with Gasteiger partial charge in [-0.05, 0) is 35.9 Å². The highest BCUT2D eigenvalue weighted by Gasteiger charge is 2.20. The van der Waals surface area contributed by atoms with Gasteiger partial charge in [0, 0.05) is 26.3 Å². The molecule has 3 aromatic rings. The zero-order chi connectivity index (χ0) is 22.1. The minimum Gasteiger partial charge on any atom is -0.464 e. The lowest BCUT2D eigenvalue weighted by Gasteiger charge is -2.27. The molecule has 1 aromatic carbocycles. The van der Waals surface area contributed by atoms with Crippen molar-refractivity contribution in [3.05, 3.63) is 69.2 Å². The molecule has 0 spiro atoms. The number of esters is 1. The molecule has 9 nitrogen and oxygen atoms in total. The number of likely N-dealkylation sites (N-methyl/N-ethyl adjacent to an activating group) is 1. The number of fused-ring (bicyclic) bond motifs is 1. The van der Waals surface area contributed by atoms with Crippen LogP contribution in [0.2, 0.25) is 0 Å². The van der Waals surface area contributed by atoms with Crippen molar-refractivity contribution in [3.8, 4) is 0 Å². The molecule has 4 rings (SSSR count). The van der Waals surface area contributed by atoms with E-state index in [-0.39, 0.29) is 17.5 Å². The molecule has 1 aliphatic heterocycles. The Bertz CT molecular complexity index is 1250. The summed E-state index contributed by atoms with van der Waals surface area (Å²) in [6, 6.07) is 7.96. The van der Waals surface area contributed by atoms with Gasteiger partial charge in [0.15, 0.2) is 0 Å². The molecule has 1 N–H and O–H groups in total. The second-order valence-corrected chi connectivity index (χ2v) is 8.11. The maximum absolute atomic E-state index is 12.2. The maximum atomic E-state index is 12.2. The van der Waals surface area contributed by atoms with Crippen molar-refractivity contribution in [2.24, 2.45) is 0 Å². The molecule has 10 heteroatoms. The van der Waals surface area contributed by atoms with Gasteiger partial charge < -0.3 is 9.47 Å². The van der Waals surface area contributed by atoms with E-state index in [2.05, 4.69) is 12.3 Å². The number of nitrogens with zero attached hydrogens (tertiary/aromatic N) is 4. The molecule has 1 aliphatic rings. The number of benzene rings is 1. The normalized spacial score (nSPS) is 14.8. The van der Waals surface area contributed by atoms with E-state index in [0.29, 0.717) is 11.5 Å². The first kappa shape index (κ1) is 20.9. The van der Waals surface area contributed by atoms with Gasteiger partial charge in [-0.15, -0.1) is 0 Å². The SMILES string of the molecule is COCn1c(=O)sc2cc(C(C)c3ccn(C4=CC=C(C(=O)OC)N(C)N4)n3)ccc21. The third-order valence-electron chi connectivity index (χ3n) is 5.19. The molecule has 1 atom stereocenters. The Balaban J connectivity index is 1.59. The fourth-order valence-electron chi connectivity index (χ4n) is 3.45. The van der Waals surface area contributed by atoms with Gasteiger partial charge in [-0.2, -0.15) is 5.10 Å². The number of carbonyl (C=O) groups excluding carboxylic acids is 1. The fraction of sp³-hybridized carbons (Fsp3) is 0.286. The molecule has 3 heterocycles. The number of ether oxygens (including phenoxy) is 2. The van der Waals surface area contributed by atoms with E-state index in [1.807, 2.05) is 30.5 Å². The zero-order valence-electron chi connectivity index (χ0n) is 17.7. The summed E-state index contributed by atoms with van der Waals surface area (Å²) in [5.41, 5.74) is 6.34. The van der Waals surface area contributed by atoms with Crippen molar-refractivity contribution in [1.29, 1.82) is 0 Å². The van der Waals surface area contributed by atoms with Crippen molar-refractivity contribution < 1.29 is 14.3 Å². The van der Waals surface area contributed by atoms with Crippen molar-refractivity contribution in [2.75, 3.05) is 21.3 Å². The first-order valence-corrected chi connectivity index (χ1v) is 10.4. The Morgan fingerprint density at radius 2 is 2.06 bits per heavy atom. The summed E-state index contributed by atoms with van der Waals surface area (Å²) in [5, 5.41) is 6.29. The van der Waals surface area contributed by atoms with Gasteiger partial charge in [0.05, 0.1) is 23.0 Å². The summed E-state index contributed by atoms with van der Waals surface area (Å²) >= 11 is 1.21. The number of aromatic nitrogens is 3. The Hall–Kier alpha value is -3.37. The Morgan fingerprint density at radius 1 is 1.26 bits per heavy atom. The number of hydrazine groups is 1. The second-order valence-electron chi connectivity index (χ2n) is 7.11. The summed E-state index contributed by atoms with van der Waals surface area (Å²) in [6.45, 7) is 2.31. The van der Waals surface area contributed by atoms with Crippen LogP contribution in [0.1, 0.15) is 24.1 Å². The number of allylic oxidation sites excluding steroid dienone is 2. The smallest absolute Gasteiger partial charge is 0.356 e. The van der Waals surface area contributed by atoms with Gasteiger partial charge in [0.2, 0.25) is 0 Å². The van der Waals surface area contributed by atoms with Gasteiger partial charge in [0.1, 0.15) is 18.2 Å². The molecule has 162 valence electrons. The van der Waals surface area contributed by atoms with Crippen LogP contribution < -0.4 is 10.3 Å². The van der Waals surface area contributed by atoms with E-state index in [1.165, 1.54) is 18.4 Å². The molecule has 0 aliphatic carbocycles. The molecular formula is C21H23N5O4S. The van der Waals surface area contributed by atoms with E-state index in [4.69, 9.17) is 14.6 Å². The topological polar surface area (TPSA) is 90.6 Å². The van der Waals surface area contributed by atoms with Gasteiger partial charge in [-0.3, -0.25) is 19.8 Å². The molecule has 0 saturated carbocycles. The fourth-order valence-corrected chi connectivity index (χ4v) is 4.38. The number of hydrogen-bond donors (Lipinski definition) is 1. The zero-order valence-corrected chi connectivity index (χ0v) is 18.5. The number of nitrogens with one attached hydrogen (secondary N) is 1. The predicted molar refractivity (Wildman–Crippen MR) is 118 cm³/mol. The van der Waals surface area contributed by atoms with Crippen LogP contribution in [0.3, 0.4) is 0 Å². The lowest BCUT2D eigenvalue weighted by Crippen LogP contribution is -2.39. The molecular weight excluding hydrogens is 418 g/mol. The van der Waals surface area contributed by atoms with E-state index in [9.17, 15) is 9.59 Å². The maximum Gasteiger partial charge on any atom is 0.356 e. The van der Waals surface area contributed by atoms with E-state index in [0.717, 1.165) is 21.5 Å². The summed E-state index contributed by atoms with van der Waals surface area (Å²) < 4.78 is 14.2. The van der Waals surface area contributed by atoms with Gasteiger partial charge >= 0.3 is 10.8 Å². The Kier molecular flexibility index (Phi) is 5.66. The molecule has 0 amide bonds. The first-order chi connectivity index (χ1) is 14.9. The quantitative estimate of drug-likeness (QED) is 0.587. The van der Waals surface area contributed by atoms with E-state index >= 15 is 0 Å². The summed E-state index contributed by atoms with van der Waals surface area (Å²) in [5.74, 6) is 0.317. The molecule has 0 radical (unpaired) electrons. The van der Waals surface area contributed by atoms with Crippen LogP contribution in [0.25, 0.3) is 16.0 Å². The van der Waals surface area contributed by atoms with Crippen LogP contribution in [-0.2, 0) is 21.0 Å². The van der Waals surface area contributed by atoms with Crippen LogP contribution in [-0.4, -0.2) is 46.6 Å². The van der Waals surface area contributed by atoms with Crippen LogP contribution in [0.5, 0.6) is 0 Å². The molecule has 2 aromatic heterocycles. The highest BCUT2D eigenvalue weighted by atomic mass is 32.1. The standard InChI is InChI=1S/C21H23N5O4S/c1-13(14-5-6-16-18(11-14)31-21(28)25(16)12-29-3)15-9-10-26(22-15)19-8-7-17(20(27)30-4)24(2)23-19/h5-11,13,23H,12H2,1-4H3. The van der Waals surface area contributed by atoms with Crippen LogP contribution in [0, 0.1) is 0 Å². The molecule has 1 unspecified atom stereocenters. The average Bonchev–Trinajstić information content (AvgIpc) is 3.37. The number of hydrogen-bond acceptors (Lipinski definition) is 8. The van der Waals surface area contributed by atoms with Crippen LogP contribution >= 0.6 is 11.3 Å². The number of thiazole rings is 1. The second kappa shape index (κ2) is 8.40. The monoisotopic (exact) mass is 441 g/mol. The predicted octanol–water partition coefficient (Wildman–Crippen LogP) is 2.32. The van der Waals surface area contributed by atoms with Crippen molar-refractivity contribution in [1.82, 2.24) is 24.8 Å². The number of rotatable bonds is 6. The Labute approximate surface area is 182 Å². The van der Waals surface area contributed by atoms with Crippen molar-refractivity contribution >= 4 is 33.3 Å². The van der Waals surface area contributed by atoms with E-state index < -0.39 is 5.97 Å².